The predicted molar refractivity (Wildman–Crippen MR) is 92.6 cm³/mol. The molecule has 0 unspecified atom stereocenters. The van der Waals surface area contributed by atoms with Crippen LogP contribution in [0.1, 0.15) is 22.2 Å². The van der Waals surface area contributed by atoms with Gasteiger partial charge in [0.05, 0.1) is 18.3 Å². The molecule has 0 N–H and O–H groups in total. The third-order valence-electron chi connectivity index (χ3n) is 4.03. The molecule has 5 nitrogen and oxygen atoms in total. The Balaban J connectivity index is 1.94. The number of para-hydroxylation sites is 1. The van der Waals surface area contributed by atoms with E-state index in [1.807, 2.05) is 18.2 Å². The highest BCUT2D eigenvalue weighted by molar-refractivity contribution is 5.95. The molecule has 3 rings (SSSR count). The minimum Gasteiger partial charge on any atom is -0.382 e. The molecule has 0 aliphatic heterocycles. The van der Waals surface area contributed by atoms with Crippen molar-refractivity contribution in [2.45, 2.75) is 6.04 Å². The zero-order chi connectivity index (χ0) is 17.8. The maximum absolute atomic E-state index is 14.0. The number of methoxy groups -OCH3 is 1. The van der Waals surface area contributed by atoms with Crippen LogP contribution in [0, 0.1) is 5.82 Å². The first-order valence-electron chi connectivity index (χ1n) is 7.84. The Kier molecular flexibility index (Phi) is 5.00. The lowest BCUT2D eigenvalue weighted by Gasteiger charge is -2.27. The van der Waals surface area contributed by atoms with Gasteiger partial charge in [0.2, 0.25) is 0 Å². The van der Waals surface area contributed by atoms with Gasteiger partial charge in [0.25, 0.3) is 5.91 Å². The molecule has 0 saturated carbocycles. The predicted octanol–water partition coefficient (Wildman–Crippen LogP) is 3.23. The second kappa shape index (κ2) is 7.36. The van der Waals surface area contributed by atoms with Crippen LogP contribution in [-0.2, 0) is 4.74 Å². The molecule has 128 valence electrons. The molecule has 1 atom stereocenters. The van der Waals surface area contributed by atoms with Crippen LogP contribution in [0.4, 0.5) is 4.39 Å². The number of hydrogen-bond donors (Lipinski definition) is 0. The molecule has 0 aliphatic rings. The number of hydrogen-bond acceptors (Lipinski definition) is 4. The number of ether oxygens (including phenoxy) is 1. The maximum Gasteiger partial charge on any atom is 0.272 e. The van der Waals surface area contributed by atoms with Gasteiger partial charge in [-0.15, -0.1) is 0 Å². The lowest BCUT2D eigenvalue weighted by molar-refractivity contribution is 0.0590. The third kappa shape index (κ3) is 3.49. The van der Waals surface area contributed by atoms with Crippen LogP contribution in [-0.4, -0.2) is 41.5 Å². The van der Waals surface area contributed by atoms with Crippen LogP contribution in [0.3, 0.4) is 0 Å². The zero-order valence-electron chi connectivity index (χ0n) is 14.0. The summed E-state index contributed by atoms with van der Waals surface area (Å²) < 4.78 is 19.2. The van der Waals surface area contributed by atoms with E-state index in [-0.39, 0.29) is 23.2 Å². The van der Waals surface area contributed by atoms with Crippen LogP contribution < -0.4 is 0 Å². The van der Waals surface area contributed by atoms with Crippen molar-refractivity contribution >= 4 is 16.8 Å². The van der Waals surface area contributed by atoms with Gasteiger partial charge in [0.1, 0.15) is 17.0 Å². The van der Waals surface area contributed by atoms with Crippen LogP contribution in [0.15, 0.2) is 54.7 Å². The highest BCUT2D eigenvalue weighted by Crippen LogP contribution is 2.21. The average molecular weight is 339 g/mol. The zero-order valence-corrected chi connectivity index (χ0v) is 14.0. The molecule has 2 aromatic heterocycles. The standard InChI is InChI=1S/C19H18FN3O2/c1-23(17(12-25-2)15-8-3-4-11-21-15)19(24)16-10-9-13-6-5-7-14(20)18(13)22-16/h3-11,17H,12H2,1-2H3/t17-/m0/s1. The highest BCUT2D eigenvalue weighted by atomic mass is 19.1. The summed E-state index contributed by atoms with van der Waals surface area (Å²) >= 11 is 0. The molecule has 6 heteroatoms. The Labute approximate surface area is 145 Å². The first-order valence-corrected chi connectivity index (χ1v) is 7.84. The van der Waals surface area contributed by atoms with Gasteiger partial charge >= 0.3 is 0 Å². The second-order valence-corrected chi connectivity index (χ2v) is 5.65. The van der Waals surface area contributed by atoms with E-state index in [4.69, 9.17) is 4.74 Å². The fraction of sp³-hybridized carbons (Fsp3) is 0.211. The van der Waals surface area contributed by atoms with Gasteiger partial charge < -0.3 is 9.64 Å². The number of carbonyl (C=O) groups excluding carboxylic acids is 1. The molecule has 0 radical (unpaired) electrons. The van der Waals surface area contributed by atoms with Gasteiger partial charge in [-0.2, -0.15) is 0 Å². The van der Waals surface area contributed by atoms with Gasteiger partial charge in [0.15, 0.2) is 0 Å². The Morgan fingerprint density at radius 3 is 2.76 bits per heavy atom. The quantitative estimate of drug-likeness (QED) is 0.716. The maximum atomic E-state index is 14.0. The Hall–Kier alpha value is -2.86. The summed E-state index contributed by atoms with van der Waals surface area (Å²) in [6.45, 7) is 0.293. The van der Waals surface area contributed by atoms with Crippen molar-refractivity contribution in [2.75, 3.05) is 20.8 Å². The fourth-order valence-electron chi connectivity index (χ4n) is 2.68. The largest absolute Gasteiger partial charge is 0.382 e. The van der Waals surface area contributed by atoms with E-state index in [9.17, 15) is 9.18 Å². The molecule has 3 aromatic rings. The molecule has 0 bridgehead atoms. The molecule has 0 aliphatic carbocycles. The van der Waals surface area contributed by atoms with Crippen molar-refractivity contribution in [1.82, 2.24) is 14.9 Å². The smallest absolute Gasteiger partial charge is 0.272 e. The SMILES string of the molecule is COC[C@@H](c1ccccn1)N(C)C(=O)c1ccc2cccc(F)c2n1. The summed E-state index contributed by atoms with van der Waals surface area (Å²) in [4.78, 5) is 22.9. The van der Waals surface area contributed by atoms with E-state index in [0.29, 0.717) is 17.7 Å². The Morgan fingerprint density at radius 1 is 1.20 bits per heavy atom. The van der Waals surface area contributed by atoms with Crippen LogP contribution >= 0.6 is 0 Å². The number of benzene rings is 1. The highest BCUT2D eigenvalue weighted by Gasteiger charge is 2.25. The molecule has 0 fully saturated rings. The van der Waals surface area contributed by atoms with Crippen LogP contribution in [0.25, 0.3) is 10.9 Å². The summed E-state index contributed by atoms with van der Waals surface area (Å²) in [5, 5.41) is 0.650. The number of likely N-dealkylation sites (N-methyl/N-ethyl adjacent to an activating group) is 1. The summed E-state index contributed by atoms with van der Waals surface area (Å²) in [7, 11) is 3.23. The van der Waals surface area contributed by atoms with Crippen molar-refractivity contribution in [3.8, 4) is 0 Å². The Bertz CT molecular complexity index is 886. The second-order valence-electron chi connectivity index (χ2n) is 5.65. The molecule has 1 aromatic carbocycles. The summed E-state index contributed by atoms with van der Waals surface area (Å²) in [6, 6.07) is 13.1. The number of aromatic nitrogens is 2. The number of halogens is 1. The first-order chi connectivity index (χ1) is 12.1. The van der Waals surface area contributed by atoms with Gasteiger partial charge in [-0.25, -0.2) is 9.37 Å². The number of carbonyl (C=O) groups is 1. The van der Waals surface area contributed by atoms with Gasteiger partial charge in [-0.3, -0.25) is 9.78 Å². The molecule has 2 heterocycles. The summed E-state index contributed by atoms with van der Waals surface area (Å²) in [5.74, 6) is -0.772. The molecule has 0 saturated heterocycles. The number of rotatable bonds is 5. The van der Waals surface area contributed by atoms with Crippen molar-refractivity contribution in [1.29, 1.82) is 0 Å². The number of fused-ring (bicyclic) bond motifs is 1. The summed E-state index contributed by atoms with van der Waals surface area (Å²) in [6.07, 6.45) is 1.67. The van der Waals surface area contributed by atoms with Crippen molar-refractivity contribution < 1.29 is 13.9 Å². The number of nitrogens with zero attached hydrogens (tertiary/aromatic N) is 3. The van der Waals surface area contributed by atoms with E-state index in [1.165, 1.54) is 11.0 Å². The fourth-order valence-corrected chi connectivity index (χ4v) is 2.68. The van der Waals surface area contributed by atoms with E-state index in [2.05, 4.69) is 9.97 Å². The average Bonchev–Trinajstić information content (AvgIpc) is 2.66. The van der Waals surface area contributed by atoms with Gasteiger partial charge in [-0.1, -0.05) is 24.3 Å². The van der Waals surface area contributed by atoms with Crippen LogP contribution in [0.5, 0.6) is 0 Å². The molecular weight excluding hydrogens is 321 g/mol. The topological polar surface area (TPSA) is 55.3 Å². The lowest BCUT2D eigenvalue weighted by Crippen LogP contribution is -2.34. The number of pyridine rings is 2. The normalized spacial score (nSPS) is 12.1. The van der Waals surface area contributed by atoms with Gasteiger partial charge in [-0.05, 0) is 24.3 Å². The van der Waals surface area contributed by atoms with Crippen molar-refractivity contribution in [2.24, 2.45) is 0 Å². The van der Waals surface area contributed by atoms with E-state index in [1.54, 1.807) is 44.6 Å². The van der Waals surface area contributed by atoms with E-state index >= 15 is 0 Å². The molecular formula is C19H18FN3O2. The van der Waals surface area contributed by atoms with Gasteiger partial charge in [0, 0.05) is 25.7 Å². The lowest BCUT2D eigenvalue weighted by atomic mass is 10.1. The first kappa shape index (κ1) is 17.0. The van der Waals surface area contributed by atoms with E-state index < -0.39 is 5.82 Å². The molecule has 1 amide bonds. The summed E-state index contributed by atoms with van der Waals surface area (Å²) in [5.41, 5.74) is 1.08. The minimum absolute atomic E-state index is 0.178. The number of amides is 1. The minimum atomic E-state index is -0.451. The monoisotopic (exact) mass is 339 g/mol. The molecule has 0 spiro atoms. The Morgan fingerprint density at radius 2 is 2.04 bits per heavy atom. The molecule has 25 heavy (non-hydrogen) atoms. The van der Waals surface area contributed by atoms with E-state index in [0.717, 1.165) is 0 Å². The van der Waals surface area contributed by atoms with Crippen molar-refractivity contribution in [3.63, 3.8) is 0 Å². The van der Waals surface area contributed by atoms with Crippen molar-refractivity contribution in [3.05, 3.63) is 71.9 Å². The third-order valence-corrected chi connectivity index (χ3v) is 4.03. The van der Waals surface area contributed by atoms with Crippen LogP contribution in [0.2, 0.25) is 0 Å².